The Morgan fingerprint density at radius 2 is 1.76 bits per heavy atom. The summed E-state index contributed by atoms with van der Waals surface area (Å²) < 4.78 is 15.1. The SMILES string of the molecule is Cl.Cl.Cl.O=C([C@@H]1C[C@H](N2CCN(c3ccnn3-c3ccc(F)cc3)CC2)CN1)N1CCSC1. The molecule has 3 aliphatic heterocycles. The van der Waals surface area contributed by atoms with E-state index in [4.69, 9.17) is 0 Å². The zero-order valence-corrected chi connectivity index (χ0v) is 21.4. The number of carbonyl (C=O) groups excluding carboxylic acids is 1. The summed E-state index contributed by atoms with van der Waals surface area (Å²) in [6.45, 7) is 5.50. The van der Waals surface area contributed by atoms with Crippen LogP contribution in [0.2, 0.25) is 0 Å². The van der Waals surface area contributed by atoms with Crippen molar-refractivity contribution < 1.29 is 9.18 Å². The highest BCUT2D eigenvalue weighted by Crippen LogP contribution is 2.24. The molecule has 0 radical (unpaired) electrons. The number of halogens is 4. The van der Waals surface area contributed by atoms with Crippen LogP contribution >= 0.6 is 49.0 Å². The molecule has 0 unspecified atom stereocenters. The molecule has 0 bridgehead atoms. The molecule has 1 aromatic heterocycles. The van der Waals surface area contributed by atoms with Crippen molar-refractivity contribution >= 4 is 60.7 Å². The van der Waals surface area contributed by atoms with Gasteiger partial charge in [-0.1, -0.05) is 0 Å². The highest BCUT2D eigenvalue weighted by Gasteiger charge is 2.36. The van der Waals surface area contributed by atoms with E-state index in [1.807, 2.05) is 27.4 Å². The second kappa shape index (κ2) is 12.5. The van der Waals surface area contributed by atoms with Gasteiger partial charge in [-0.15, -0.1) is 49.0 Å². The third-order valence-corrected chi connectivity index (χ3v) is 7.28. The zero-order chi connectivity index (χ0) is 20.5. The van der Waals surface area contributed by atoms with Crippen LogP contribution in [0.3, 0.4) is 0 Å². The Labute approximate surface area is 216 Å². The Morgan fingerprint density at radius 3 is 2.42 bits per heavy atom. The van der Waals surface area contributed by atoms with Crippen LogP contribution in [0, 0.1) is 5.82 Å². The van der Waals surface area contributed by atoms with Crippen molar-refractivity contribution in [1.82, 2.24) is 24.9 Å². The number of amides is 1. The van der Waals surface area contributed by atoms with Gasteiger partial charge in [-0.2, -0.15) is 5.10 Å². The smallest absolute Gasteiger partial charge is 0.240 e. The fourth-order valence-electron chi connectivity index (χ4n) is 4.62. The number of hydrogen-bond donors (Lipinski definition) is 1. The lowest BCUT2D eigenvalue weighted by molar-refractivity contribution is -0.131. The van der Waals surface area contributed by atoms with Crippen molar-refractivity contribution in [1.29, 1.82) is 0 Å². The molecule has 1 N–H and O–H groups in total. The molecule has 0 saturated carbocycles. The zero-order valence-electron chi connectivity index (χ0n) is 18.1. The lowest BCUT2D eigenvalue weighted by Crippen LogP contribution is -2.51. The van der Waals surface area contributed by atoms with Crippen LogP contribution in [0.4, 0.5) is 10.2 Å². The molecule has 0 aliphatic carbocycles. The summed E-state index contributed by atoms with van der Waals surface area (Å²) in [5.41, 5.74) is 0.861. The van der Waals surface area contributed by atoms with E-state index in [-0.39, 0.29) is 55.0 Å². The predicted molar refractivity (Wildman–Crippen MR) is 138 cm³/mol. The van der Waals surface area contributed by atoms with Gasteiger partial charge < -0.3 is 15.1 Å². The maximum absolute atomic E-state index is 13.3. The number of hydrogen-bond acceptors (Lipinski definition) is 6. The van der Waals surface area contributed by atoms with Crippen molar-refractivity contribution in [3.63, 3.8) is 0 Å². The van der Waals surface area contributed by atoms with Crippen molar-refractivity contribution in [2.75, 3.05) is 55.8 Å². The van der Waals surface area contributed by atoms with E-state index in [1.54, 1.807) is 18.3 Å². The Morgan fingerprint density at radius 1 is 1.03 bits per heavy atom. The third-order valence-electron chi connectivity index (χ3n) is 6.32. The summed E-state index contributed by atoms with van der Waals surface area (Å²) in [7, 11) is 0. The van der Waals surface area contributed by atoms with Gasteiger partial charge in [-0.25, -0.2) is 9.07 Å². The first-order valence-corrected chi connectivity index (χ1v) is 11.7. The van der Waals surface area contributed by atoms with Gasteiger partial charge in [0.15, 0.2) is 0 Å². The summed E-state index contributed by atoms with van der Waals surface area (Å²) in [6, 6.07) is 8.82. The van der Waals surface area contributed by atoms with E-state index in [0.717, 1.165) is 68.8 Å². The van der Waals surface area contributed by atoms with E-state index in [2.05, 4.69) is 20.2 Å². The number of carbonyl (C=O) groups is 1. The summed E-state index contributed by atoms with van der Waals surface area (Å²) in [4.78, 5) is 19.5. The standard InChI is InChI=1S/C21H27FN6OS.3ClH/c22-16-1-3-17(4-2-16)28-20(5-6-24-28)26-9-7-25(8-10-26)18-13-19(23-14-18)21(29)27-11-12-30-15-27;;;/h1-6,18-19,23H,7-15H2;3*1H/t18-,19-;;;/m0.../s1. The maximum Gasteiger partial charge on any atom is 0.240 e. The Balaban J connectivity index is 0.00000128. The van der Waals surface area contributed by atoms with E-state index < -0.39 is 0 Å². The van der Waals surface area contributed by atoms with Crippen LogP contribution in [0.25, 0.3) is 5.69 Å². The Hall–Kier alpha value is -1.23. The molecule has 2 aromatic rings. The number of thioether (sulfide) groups is 1. The summed E-state index contributed by atoms with van der Waals surface area (Å²) >= 11 is 1.83. The normalized spacial score (nSPS) is 22.9. The highest BCUT2D eigenvalue weighted by molar-refractivity contribution is 7.99. The first-order valence-electron chi connectivity index (χ1n) is 10.6. The molecule has 4 heterocycles. The molecule has 12 heteroatoms. The van der Waals surface area contributed by atoms with Crippen LogP contribution < -0.4 is 10.2 Å². The second-order valence-corrected chi connectivity index (χ2v) is 9.16. The van der Waals surface area contributed by atoms with Gasteiger partial charge >= 0.3 is 0 Å². The minimum atomic E-state index is -0.244. The summed E-state index contributed by atoms with van der Waals surface area (Å²) in [5.74, 6) is 2.95. The highest BCUT2D eigenvalue weighted by atomic mass is 35.5. The average Bonchev–Trinajstić information content (AvgIpc) is 3.56. The minimum Gasteiger partial charge on any atom is -0.354 e. The number of benzene rings is 1. The van der Waals surface area contributed by atoms with Gasteiger partial charge in [0, 0.05) is 57.1 Å². The van der Waals surface area contributed by atoms with Crippen LogP contribution in [-0.2, 0) is 4.79 Å². The van der Waals surface area contributed by atoms with Crippen LogP contribution in [0.1, 0.15) is 6.42 Å². The van der Waals surface area contributed by atoms with E-state index in [0.29, 0.717) is 6.04 Å². The average molecular weight is 540 g/mol. The number of nitrogens with zero attached hydrogens (tertiary/aromatic N) is 5. The fourth-order valence-corrected chi connectivity index (χ4v) is 5.58. The van der Waals surface area contributed by atoms with Crippen molar-refractivity contribution in [2.45, 2.75) is 18.5 Å². The molecule has 184 valence electrons. The molecule has 3 saturated heterocycles. The number of nitrogens with one attached hydrogen (secondary N) is 1. The largest absolute Gasteiger partial charge is 0.354 e. The monoisotopic (exact) mass is 538 g/mol. The Kier molecular flexibility index (Phi) is 10.6. The predicted octanol–water partition coefficient (Wildman–Crippen LogP) is 2.66. The molecule has 1 amide bonds. The molecular weight excluding hydrogens is 510 g/mol. The van der Waals surface area contributed by atoms with E-state index in [1.165, 1.54) is 12.1 Å². The molecule has 7 nitrogen and oxygen atoms in total. The molecular formula is C21H30Cl3FN6OS. The van der Waals surface area contributed by atoms with Crippen molar-refractivity contribution in [3.8, 4) is 5.69 Å². The molecule has 5 rings (SSSR count). The first-order chi connectivity index (χ1) is 14.7. The molecule has 1 aromatic carbocycles. The van der Waals surface area contributed by atoms with Crippen molar-refractivity contribution in [3.05, 3.63) is 42.3 Å². The lowest BCUT2D eigenvalue weighted by atomic mass is 10.1. The van der Waals surface area contributed by atoms with E-state index in [9.17, 15) is 9.18 Å². The number of piperazine rings is 1. The topological polar surface area (TPSA) is 56.6 Å². The van der Waals surface area contributed by atoms with Gasteiger partial charge in [0.05, 0.1) is 23.8 Å². The molecule has 3 aliphatic rings. The maximum atomic E-state index is 13.3. The van der Waals surface area contributed by atoms with Gasteiger partial charge in [-0.05, 0) is 30.7 Å². The van der Waals surface area contributed by atoms with Crippen molar-refractivity contribution in [2.24, 2.45) is 0 Å². The number of anilines is 1. The minimum absolute atomic E-state index is 0. The van der Waals surface area contributed by atoms with Crippen LogP contribution in [0.5, 0.6) is 0 Å². The number of aromatic nitrogens is 2. The summed E-state index contributed by atoms with van der Waals surface area (Å²) in [5, 5.41) is 7.89. The quantitative estimate of drug-likeness (QED) is 0.645. The number of rotatable bonds is 4. The van der Waals surface area contributed by atoms with Crippen LogP contribution in [0.15, 0.2) is 36.5 Å². The fraction of sp³-hybridized carbons (Fsp3) is 0.524. The first kappa shape index (κ1) is 28.0. The second-order valence-electron chi connectivity index (χ2n) is 8.09. The van der Waals surface area contributed by atoms with Crippen LogP contribution in [-0.4, -0.2) is 88.5 Å². The van der Waals surface area contributed by atoms with Gasteiger partial charge in [0.1, 0.15) is 11.6 Å². The molecule has 3 fully saturated rings. The third kappa shape index (κ3) is 6.07. The molecule has 33 heavy (non-hydrogen) atoms. The molecule has 2 atom stereocenters. The summed E-state index contributed by atoms with van der Waals surface area (Å²) in [6.07, 6.45) is 2.69. The molecule has 0 spiro atoms. The van der Waals surface area contributed by atoms with Gasteiger partial charge in [-0.3, -0.25) is 9.69 Å². The van der Waals surface area contributed by atoms with Gasteiger partial charge in [0.2, 0.25) is 5.91 Å². The Bertz CT molecular complexity index is 890. The lowest BCUT2D eigenvalue weighted by Gasteiger charge is -2.38. The van der Waals surface area contributed by atoms with E-state index >= 15 is 0 Å². The van der Waals surface area contributed by atoms with Gasteiger partial charge in [0.25, 0.3) is 0 Å².